The van der Waals surface area contributed by atoms with Gasteiger partial charge in [0.2, 0.25) is 0 Å². The molecule has 19 aliphatic carbocycles. The van der Waals surface area contributed by atoms with Gasteiger partial charge in [-0.2, -0.15) is 0 Å². The summed E-state index contributed by atoms with van der Waals surface area (Å²) in [7, 11) is 0. The molecule has 90 valence electrons. The molecular weight excluding hydrogens is 252 g/mol. The van der Waals surface area contributed by atoms with Crippen LogP contribution in [-0.4, -0.2) is 0 Å². The van der Waals surface area contributed by atoms with E-state index >= 15 is 0 Å². The highest BCUT2D eigenvalue weighted by Gasteiger charge is 3.92. The fourth-order valence-corrected chi connectivity index (χ4v) is 23.6. The Kier molecular flexibility index (Phi) is 0.157. The standard InChI is InChI=1S/C21H6/c1-3-5(1)7(3)9(5)11(7)13(9)15(11)17(13)19(15)20-16-12-8-4-2-6(4,8)10(8,12)14(12,16)18(16,20)21(17,19)20/h3-4H,1-2H2. The molecule has 18 atom stereocenters. The van der Waals surface area contributed by atoms with Crippen molar-refractivity contribution in [3.8, 4) is 0 Å². The van der Waals surface area contributed by atoms with Gasteiger partial charge in [-0.3, -0.25) is 0 Å². The van der Waals surface area contributed by atoms with E-state index in [2.05, 4.69) is 0 Å². The summed E-state index contributed by atoms with van der Waals surface area (Å²) in [5, 5.41) is 0. The van der Waals surface area contributed by atoms with Gasteiger partial charge in [-0.15, -0.1) is 0 Å². The third kappa shape index (κ3) is 0.0857. The molecule has 21 heavy (non-hydrogen) atoms. The normalized spacial score (nSPS) is 168. The second-order valence-corrected chi connectivity index (χ2v) is 14.8. The molecule has 0 aliphatic heterocycles. The molecule has 0 heteroatoms. The molecule has 19 fully saturated rings. The van der Waals surface area contributed by atoms with E-state index in [4.69, 9.17) is 0 Å². The van der Waals surface area contributed by atoms with Gasteiger partial charge < -0.3 is 0 Å². The lowest BCUT2D eigenvalue weighted by Crippen LogP contribution is -2.18. The minimum atomic E-state index is 1.16. The molecule has 0 nitrogen and oxygen atoms in total. The molecule has 19 saturated carbocycles. The lowest BCUT2D eigenvalue weighted by Gasteiger charge is -2.19. The van der Waals surface area contributed by atoms with E-state index in [-0.39, 0.29) is 0 Å². The Morgan fingerprint density at radius 2 is 0.714 bits per heavy atom. The second-order valence-electron chi connectivity index (χ2n) is 14.8. The topological polar surface area (TPSA) is 0 Å². The highest BCUT2D eigenvalue weighted by atomic mass is 15.9. The molecule has 0 heterocycles. The average molecular weight is 258 g/mol. The second kappa shape index (κ2) is 0.597. The van der Waals surface area contributed by atoms with Crippen molar-refractivity contribution in [1.29, 1.82) is 0 Å². The quantitative estimate of drug-likeness (QED) is 0.609. The van der Waals surface area contributed by atoms with Gasteiger partial charge in [0.25, 0.3) is 0 Å². The van der Waals surface area contributed by atoms with Crippen molar-refractivity contribution in [3.63, 3.8) is 0 Å². The molecule has 0 radical (unpaired) electrons. The first-order chi connectivity index (χ1) is 10.4. The van der Waals surface area contributed by atoms with Crippen LogP contribution >= 0.6 is 0 Å². The van der Waals surface area contributed by atoms with Gasteiger partial charge in [-0.25, -0.2) is 0 Å². The minimum Gasteiger partial charge on any atom is -0.0421 e. The zero-order valence-corrected chi connectivity index (χ0v) is 11.1. The zero-order valence-electron chi connectivity index (χ0n) is 11.1. The first-order valence-corrected chi connectivity index (χ1v) is 10.4. The van der Waals surface area contributed by atoms with Crippen molar-refractivity contribution in [3.05, 3.63) is 0 Å². The third-order valence-electron chi connectivity index (χ3n) is 19.9. The fraction of sp³-hybridized carbons (Fsp3) is 1.00. The average Bonchev–Trinajstić information content (AvgIpc) is 3.13. The number of rotatable bonds is 0. The molecule has 17 spiro atoms. The van der Waals surface area contributed by atoms with Crippen LogP contribution in [0, 0.1) is 104 Å². The van der Waals surface area contributed by atoms with Crippen LogP contribution in [0.5, 0.6) is 0 Å². The van der Waals surface area contributed by atoms with E-state index in [1.807, 2.05) is 0 Å². The SMILES string of the molecule is C1C2C13C21C32C13C21C32C13C21C24C56C78C9%10C%11CC%119C%107C85C62C314. The molecule has 19 aliphatic rings. The lowest BCUT2D eigenvalue weighted by atomic mass is 9.83. The third-order valence-corrected chi connectivity index (χ3v) is 19.9. The van der Waals surface area contributed by atoms with Gasteiger partial charge in [-0.05, 0) is 117 Å². The van der Waals surface area contributed by atoms with Crippen LogP contribution < -0.4 is 0 Å². The van der Waals surface area contributed by atoms with Crippen LogP contribution in [0.1, 0.15) is 12.8 Å². The molecular formula is C21H6. The first-order valence-electron chi connectivity index (χ1n) is 10.4. The van der Waals surface area contributed by atoms with Gasteiger partial charge in [0.05, 0.1) is 0 Å². The van der Waals surface area contributed by atoms with Gasteiger partial charge in [0, 0.05) is 0 Å². The van der Waals surface area contributed by atoms with Gasteiger partial charge in [-0.1, -0.05) is 0 Å². The van der Waals surface area contributed by atoms with E-state index in [1.165, 1.54) is 93.1 Å². The molecule has 0 aromatic carbocycles. The van der Waals surface area contributed by atoms with Crippen molar-refractivity contribution >= 4 is 0 Å². The van der Waals surface area contributed by atoms with Crippen LogP contribution in [0.25, 0.3) is 0 Å². The van der Waals surface area contributed by atoms with Crippen molar-refractivity contribution < 1.29 is 0 Å². The maximum atomic E-state index is 1.76. The Balaban J connectivity index is 1.03. The van der Waals surface area contributed by atoms with Crippen LogP contribution in [0.3, 0.4) is 0 Å². The molecule has 0 bridgehead atoms. The monoisotopic (exact) mass is 258 g/mol. The van der Waals surface area contributed by atoms with Crippen LogP contribution in [0.2, 0.25) is 0 Å². The van der Waals surface area contributed by atoms with E-state index in [1.54, 1.807) is 12.8 Å². The summed E-state index contributed by atoms with van der Waals surface area (Å²) in [6.45, 7) is 0. The Labute approximate surface area is 117 Å². The number of hydrogen-bond acceptors (Lipinski definition) is 0. The molecule has 18 unspecified atom stereocenters. The molecule has 0 aromatic heterocycles. The van der Waals surface area contributed by atoms with Crippen molar-refractivity contribution in [2.75, 3.05) is 0 Å². The van der Waals surface area contributed by atoms with Gasteiger partial charge >= 0.3 is 0 Å². The summed E-state index contributed by atoms with van der Waals surface area (Å²) >= 11 is 0. The molecule has 0 saturated heterocycles. The predicted molar refractivity (Wildman–Crippen MR) is 57.6 cm³/mol. The van der Waals surface area contributed by atoms with Gasteiger partial charge in [0.1, 0.15) is 0 Å². The minimum absolute atomic E-state index is 1.16. The van der Waals surface area contributed by atoms with Crippen LogP contribution in [0.4, 0.5) is 0 Å². The molecule has 0 amide bonds. The summed E-state index contributed by atoms with van der Waals surface area (Å²) < 4.78 is 0. The summed E-state index contributed by atoms with van der Waals surface area (Å²) in [5.41, 5.74) is 20.6. The van der Waals surface area contributed by atoms with Crippen LogP contribution in [-0.2, 0) is 0 Å². The zero-order chi connectivity index (χ0) is 11.1. The smallest absolute Gasteiger partial charge is 0.0000000220 e. The van der Waals surface area contributed by atoms with E-state index < -0.39 is 0 Å². The summed E-state index contributed by atoms with van der Waals surface area (Å²) in [5.74, 6) is 2.76. The predicted octanol–water partition coefficient (Wildman–Crippen LogP) is 1.03. The maximum absolute atomic E-state index is 1.76. The Bertz CT molecular complexity index is 1380. The van der Waals surface area contributed by atoms with E-state index in [0.717, 1.165) is 10.8 Å². The van der Waals surface area contributed by atoms with Crippen LogP contribution in [0.15, 0.2) is 0 Å². The first kappa shape index (κ1) is 5.52. The largest absolute Gasteiger partial charge is 0.0421 e. The molecule has 19 rings (SSSR count). The lowest BCUT2D eigenvalue weighted by molar-refractivity contribution is 0.250. The molecule has 0 N–H and O–H groups in total. The Morgan fingerprint density at radius 1 is 0.381 bits per heavy atom. The maximum Gasteiger partial charge on any atom is -0.0000000220 e. The van der Waals surface area contributed by atoms with Crippen molar-refractivity contribution in [2.24, 2.45) is 104 Å². The van der Waals surface area contributed by atoms with Gasteiger partial charge in [0.15, 0.2) is 0 Å². The summed E-state index contributed by atoms with van der Waals surface area (Å²) in [4.78, 5) is 0. The number of hydrogen-bond donors (Lipinski definition) is 0. The summed E-state index contributed by atoms with van der Waals surface area (Å²) in [6.07, 6.45) is 3.51. The Morgan fingerprint density at radius 3 is 1.05 bits per heavy atom. The van der Waals surface area contributed by atoms with E-state index in [9.17, 15) is 0 Å². The fourth-order valence-electron chi connectivity index (χ4n) is 23.6. The highest BCUT2D eigenvalue weighted by Crippen LogP contribution is 3.92. The van der Waals surface area contributed by atoms with Crippen molar-refractivity contribution in [2.45, 2.75) is 12.8 Å². The molecule has 0 aromatic rings. The highest BCUT2D eigenvalue weighted by molar-refractivity contribution is 6.35. The van der Waals surface area contributed by atoms with E-state index in [0.29, 0.717) is 0 Å². The summed E-state index contributed by atoms with van der Waals surface area (Å²) in [6, 6.07) is 0. The van der Waals surface area contributed by atoms with Crippen molar-refractivity contribution in [1.82, 2.24) is 0 Å². The Hall–Kier alpha value is 0.